The van der Waals surface area contributed by atoms with Gasteiger partial charge in [0.1, 0.15) is 5.69 Å². The molecular formula is C17H18N6O. The number of anilines is 1. The van der Waals surface area contributed by atoms with Crippen molar-refractivity contribution in [3.63, 3.8) is 0 Å². The maximum atomic E-state index is 5.58. The van der Waals surface area contributed by atoms with E-state index in [2.05, 4.69) is 31.8 Å². The molecule has 0 radical (unpaired) electrons. The van der Waals surface area contributed by atoms with Gasteiger partial charge < -0.3 is 14.2 Å². The van der Waals surface area contributed by atoms with Crippen molar-refractivity contribution in [2.45, 2.75) is 0 Å². The molecule has 24 heavy (non-hydrogen) atoms. The quantitative estimate of drug-likeness (QED) is 0.730. The summed E-state index contributed by atoms with van der Waals surface area (Å²) in [7, 11) is 2.13. The van der Waals surface area contributed by atoms with Crippen LogP contribution < -0.4 is 4.90 Å². The first-order valence-electron chi connectivity index (χ1n) is 7.92. The van der Waals surface area contributed by atoms with Gasteiger partial charge in [-0.25, -0.2) is 9.97 Å². The Kier molecular flexibility index (Phi) is 3.92. The maximum absolute atomic E-state index is 5.58. The van der Waals surface area contributed by atoms with E-state index in [1.807, 2.05) is 18.3 Å². The third-order valence-corrected chi connectivity index (χ3v) is 4.16. The highest BCUT2D eigenvalue weighted by molar-refractivity contribution is 5.76. The Morgan fingerprint density at radius 1 is 1.04 bits per heavy atom. The molecule has 4 heterocycles. The van der Waals surface area contributed by atoms with Gasteiger partial charge in [0.15, 0.2) is 5.76 Å². The first-order valence-corrected chi connectivity index (χ1v) is 7.92. The number of likely N-dealkylation sites (N-methyl/N-ethyl adjacent to an activating group) is 1. The lowest BCUT2D eigenvalue weighted by Gasteiger charge is -2.32. The number of aromatic nitrogens is 4. The minimum Gasteiger partial charge on any atom is -0.463 e. The van der Waals surface area contributed by atoms with E-state index in [-0.39, 0.29) is 0 Å². The summed E-state index contributed by atoms with van der Waals surface area (Å²) in [5.74, 6) is 1.43. The molecule has 0 atom stereocenters. The molecule has 122 valence electrons. The SMILES string of the molecule is CN1CCN(c2ncc(-c3cnccn3)c(-c3ccco3)n2)CC1. The molecule has 1 aliphatic rings. The van der Waals surface area contributed by atoms with Crippen LogP contribution in [0.2, 0.25) is 0 Å². The van der Waals surface area contributed by atoms with Crippen LogP contribution in [0.15, 0.2) is 47.6 Å². The van der Waals surface area contributed by atoms with Gasteiger partial charge in [-0.1, -0.05) is 0 Å². The molecule has 0 aliphatic carbocycles. The van der Waals surface area contributed by atoms with Crippen molar-refractivity contribution in [2.24, 2.45) is 0 Å². The van der Waals surface area contributed by atoms with Gasteiger partial charge >= 0.3 is 0 Å². The van der Waals surface area contributed by atoms with Crippen molar-refractivity contribution in [3.8, 4) is 22.7 Å². The Morgan fingerprint density at radius 2 is 1.92 bits per heavy atom. The lowest BCUT2D eigenvalue weighted by Crippen LogP contribution is -2.45. The zero-order valence-electron chi connectivity index (χ0n) is 13.5. The van der Waals surface area contributed by atoms with E-state index in [1.54, 1.807) is 24.9 Å². The summed E-state index contributed by atoms with van der Waals surface area (Å²) >= 11 is 0. The summed E-state index contributed by atoms with van der Waals surface area (Å²) in [6.07, 6.45) is 8.47. The molecule has 3 aromatic heterocycles. The lowest BCUT2D eigenvalue weighted by molar-refractivity contribution is 0.311. The van der Waals surface area contributed by atoms with Crippen molar-refractivity contribution >= 4 is 5.95 Å². The number of furan rings is 1. The maximum Gasteiger partial charge on any atom is 0.226 e. The average Bonchev–Trinajstić information content (AvgIpc) is 3.17. The van der Waals surface area contributed by atoms with Gasteiger partial charge in [-0.05, 0) is 19.2 Å². The predicted octanol–water partition coefficient (Wildman–Crippen LogP) is 1.95. The molecule has 0 amide bonds. The molecule has 1 aliphatic heterocycles. The minimum absolute atomic E-state index is 0.702. The third kappa shape index (κ3) is 2.85. The van der Waals surface area contributed by atoms with Gasteiger partial charge in [0.25, 0.3) is 0 Å². The summed E-state index contributed by atoms with van der Waals surface area (Å²) in [6, 6.07) is 3.75. The molecule has 0 N–H and O–H groups in total. The van der Waals surface area contributed by atoms with Crippen LogP contribution in [-0.2, 0) is 0 Å². The van der Waals surface area contributed by atoms with E-state index in [1.165, 1.54) is 0 Å². The molecule has 0 unspecified atom stereocenters. The second-order valence-corrected chi connectivity index (χ2v) is 5.79. The Morgan fingerprint density at radius 3 is 2.62 bits per heavy atom. The van der Waals surface area contributed by atoms with E-state index in [9.17, 15) is 0 Å². The Bertz CT molecular complexity index is 797. The molecule has 0 saturated carbocycles. The standard InChI is InChI=1S/C17H18N6O/c1-22-6-8-23(9-7-22)17-20-11-13(14-12-18-4-5-19-14)16(21-17)15-3-2-10-24-15/h2-5,10-12H,6-9H2,1H3. The van der Waals surface area contributed by atoms with Crippen LogP contribution in [0, 0.1) is 0 Å². The molecule has 0 spiro atoms. The minimum atomic E-state index is 0.702. The van der Waals surface area contributed by atoms with Crippen molar-refractivity contribution in [3.05, 3.63) is 43.2 Å². The van der Waals surface area contributed by atoms with Crippen LogP contribution in [-0.4, -0.2) is 58.1 Å². The van der Waals surface area contributed by atoms with Gasteiger partial charge in [0.2, 0.25) is 5.95 Å². The summed E-state index contributed by atoms with van der Waals surface area (Å²) < 4.78 is 5.58. The summed E-state index contributed by atoms with van der Waals surface area (Å²) in [6.45, 7) is 3.84. The molecule has 3 aromatic rings. The van der Waals surface area contributed by atoms with E-state index in [0.717, 1.165) is 49.1 Å². The fraction of sp³-hybridized carbons (Fsp3) is 0.294. The zero-order chi connectivity index (χ0) is 16.4. The molecular weight excluding hydrogens is 304 g/mol. The first-order chi connectivity index (χ1) is 11.8. The second-order valence-electron chi connectivity index (χ2n) is 5.79. The second kappa shape index (κ2) is 6.37. The van der Waals surface area contributed by atoms with E-state index in [4.69, 9.17) is 9.40 Å². The van der Waals surface area contributed by atoms with Crippen LogP contribution in [0.3, 0.4) is 0 Å². The van der Waals surface area contributed by atoms with E-state index >= 15 is 0 Å². The monoisotopic (exact) mass is 322 g/mol. The fourth-order valence-electron chi connectivity index (χ4n) is 2.76. The van der Waals surface area contributed by atoms with Crippen molar-refractivity contribution in [2.75, 3.05) is 38.1 Å². The predicted molar refractivity (Wildman–Crippen MR) is 90.5 cm³/mol. The van der Waals surface area contributed by atoms with Gasteiger partial charge in [-0.15, -0.1) is 0 Å². The molecule has 1 fully saturated rings. The topological polar surface area (TPSA) is 71.2 Å². The average molecular weight is 322 g/mol. The van der Waals surface area contributed by atoms with Crippen LogP contribution in [0.1, 0.15) is 0 Å². The van der Waals surface area contributed by atoms with Crippen LogP contribution >= 0.6 is 0 Å². The highest BCUT2D eigenvalue weighted by Crippen LogP contribution is 2.30. The molecule has 4 rings (SSSR count). The summed E-state index contributed by atoms with van der Waals surface area (Å²) in [5, 5.41) is 0. The Balaban J connectivity index is 1.76. The van der Waals surface area contributed by atoms with Gasteiger partial charge in [-0.3, -0.25) is 9.97 Å². The Hall–Kier alpha value is -2.80. The number of piperazine rings is 1. The lowest BCUT2D eigenvalue weighted by atomic mass is 10.1. The Labute approximate surface area is 140 Å². The van der Waals surface area contributed by atoms with E-state index in [0.29, 0.717) is 5.76 Å². The molecule has 0 bridgehead atoms. The molecule has 7 heteroatoms. The smallest absolute Gasteiger partial charge is 0.226 e. The highest BCUT2D eigenvalue weighted by atomic mass is 16.3. The highest BCUT2D eigenvalue weighted by Gasteiger charge is 2.20. The van der Waals surface area contributed by atoms with Gasteiger partial charge in [0, 0.05) is 50.3 Å². The largest absolute Gasteiger partial charge is 0.463 e. The third-order valence-electron chi connectivity index (χ3n) is 4.16. The van der Waals surface area contributed by atoms with Gasteiger partial charge in [0.05, 0.1) is 18.2 Å². The number of hydrogen-bond donors (Lipinski definition) is 0. The summed E-state index contributed by atoms with van der Waals surface area (Å²) in [5.41, 5.74) is 2.29. The zero-order valence-corrected chi connectivity index (χ0v) is 13.5. The van der Waals surface area contributed by atoms with Crippen molar-refractivity contribution in [1.82, 2.24) is 24.8 Å². The van der Waals surface area contributed by atoms with Gasteiger partial charge in [-0.2, -0.15) is 0 Å². The fourth-order valence-corrected chi connectivity index (χ4v) is 2.76. The number of nitrogens with zero attached hydrogens (tertiary/aromatic N) is 6. The first kappa shape index (κ1) is 14.8. The van der Waals surface area contributed by atoms with Crippen LogP contribution in [0.25, 0.3) is 22.7 Å². The van der Waals surface area contributed by atoms with Crippen LogP contribution in [0.4, 0.5) is 5.95 Å². The summed E-state index contributed by atoms with van der Waals surface area (Å²) in [4.78, 5) is 22.3. The van der Waals surface area contributed by atoms with Crippen molar-refractivity contribution < 1.29 is 4.42 Å². The van der Waals surface area contributed by atoms with Crippen LogP contribution in [0.5, 0.6) is 0 Å². The van der Waals surface area contributed by atoms with E-state index < -0.39 is 0 Å². The molecule has 0 aromatic carbocycles. The number of hydrogen-bond acceptors (Lipinski definition) is 7. The molecule has 7 nitrogen and oxygen atoms in total. The normalized spacial score (nSPS) is 15.6. The number of rotatable bonds is 3. The molecule has 1 saturated heterocycles. The van der Waals surface area contributed by atoms with Crippen molar-refractivity contribution in [1.29, 1.82) is 0 Å².